The molecule has 0 saturated carbocycles. The highest BCUT2D eigenvalue weighted by molar-refractivity contribution is 6.04. The SMILES string of the molecule is CCCNc1ccc(NC(=O)c2ccc(F)c(F)c2F)cc1. The summed E-state index contributed by atoms with van der Waals surface area (Å²) in [6, 6.07) is 8.40. The highest BCUT2D eigenvalue weighted by atomic mass is 19.2. The van der Waals surface area contributed by atoms with Gasteiger partial charge in [0.2, 0.25) is 0 Å². The van der Waals surface area contributed by atoms with Crippen LogP contribution in [0.25, 0.3) is 0 Å². The molecule has 0 fully saturated rings. The molecule has 2 rings (SSSR count). The predicted octanol–water partition coefficient (Wildman–Crippen LogP) is 4.18. The Bertz CT molecular complexity index is 672. The highest BCUT2D eigenvalue weighted by Crippen LogP contribution is 2.18. The average Bonchev–Trinajstić information content (AvgIpc) is 2.52. The Morgan fingerprint density at radius 3 is 2.23 bits per heavy atom. The summed E-state index contributed by atoms with van der Waals surface area (Å²) in [6.07, 6.45) is 0.980. The van der Waals surface area contributed by atoms with Crippen molar-refractivity contribution in [3.8, 4) is 0 Å². The van der Waals surface area contributed by atoms with Crippen molar-refractivity contribution in [3.05, 3.63) is 59.4 Å². The van der Waals surface area contributed by atoms with Crippen LogP contribution in [0.3, 0.4) is 0 Å². The minimum Gasteiger partial charge on any atom is -0.385 e. The van der Waals surface area contributed by atoms with E-state index in [1.54, 1.807) is 24.3 Å². The van der Waals surface area contributed by atoms with Crippen molar-refractivity contribution in [3.63, 3.8) is 0 Å². The van der Waals surface area contributed by atoms with Gasteiger partial charge in [-0.25, -0.2) is 13.2 Å². The fourth-order valence-corrected chi connectivity index (χ4v) is 1.84. The van der Waals surface area contributed by atoms with Gasteiger partial charge in [-0.05, 0) is 42.8 Å². The second kappa shape index (κ2) is 6.98. The summed E-state index contributed by atoms with van der Waals surface area (Å²) in [5.74, 6) is -5.34. The summed E-state index contributed by atoms with van der Waals surface area (Å²) in [5, 5.41) is 5.60. The Morgan fingerprint density at radius 2 is 1.59 bits per heavy atom. The fraction of sp³-hybridized carbons (Fsp3) is 0.188. The van der Waals surface area contributed by atoms with Crippen LogP contribution in [-0.2, 0) is 0 Å². The number of nitrogens with one attached hydrogen (secondary N) is 2. The van der Waals surface area contributed by atoms with Crippen LogP contribution in [0.2, 0.25) is 0 Å². The van der Waals surface area contributed by atoms with E-state index >= 15 is 0 Å². The van der Waals surface area contributed by atoms with Gasteiger partial charge in [0.15, 0.2) is 17.5 Å². The Kier molecular flexibility index (Phi) is 5.04. The Balaban J connectivity index is 2.10. The zero-order chi connectivity index (χ0) is 16.1. The molecule has 0 saturated heterocycles. The first kappa shape index (κ1) is 15.9. The van der Waals surface area contributed by atoms with Crippen molar-refractivity contribution in [1.82, 2.24) is 0 Å². The summed E-state index contributed by atoms with van der Waals surface area (Å²) in [4.78, 5) is 11.9. The molecule has 0 aliphatic carbocycles. The monoisotopic (exact) mass is 308 g/mol. The van der Waals surface area contributed by atoms with E-state index in [2.05, 4.69) is 10.6 Å². The lowest BCUT2D eigenvalue weighted by Gasteiger charge is -2.09. The van der Waals surface area contributed by atoms with Gasteiger partial charge >= 0.3 is 0 Å². The van der Waals surface area contributed by atoms with E-state index in [1.165, 1.54) is 0 Å². The van der Waals surface area contributed by atoms with Gasteiger partial charge in [0.05, 0.1) is 5.56 Å². The van der Waals surface area contributed by atoms with Gasteiger partial charge < -0.3 is 10.6 Å². The molecule has 116 valence electrons. The van der Waals surface area contributed by atoms with Crippen LogP contribution >= 0.6 is 0 Å². The normalized spacial score (nSPS) is 10.4. The van der Waals surface area contributed by atoms with E-state index in [-0.39, 0.29) is 0 Å². The minimum absolute atomic E-state index is 0.427. The molecule has 0 aliphatic rings. The van der Waals surface area contributed by atoms with Crippen LogP contribution < -0.4 is 10.6 Å². The number of anilines is 2. The number of hydrogen-bond donors (Lipinski definition) is 2. The lowest BCUT2D eigenvalue weighted by atomic mass is 10.1. The standard InChI is InChI=1S/C16H15F3N2O/c1-2-9-20-10-3-5-11(6-4-10)21-16(22)12-7-8-13(17)15(19)14(12)18/h3-8,20H,2,9H2,1H3,(H,21,22). The number of halogens is 3. The van der Waals surface area contributed by atoms with E-state index < -0.39 is 28.9 Å². The maximum atomic E-state index is 13.5. The van der Waals surface area contributed by atoms with Gasteiger partial charge in [0.1, 0.15) is 0 Å². The fourth-order valence-electron chi connectivity index (χ4n) is 1.84. The smallest absolute Gasteiger partial charge is 0.258 e. The van der Waals surface area contributed by atoms with Crippen LogP contribution in [0.4, 0.5) is 24.5 Å². The molecule has 3 nitrogen and oxygen atoms in total. The van der Waals surface area contributed by atoms with Crippen LogP contribution in [0.15, 0.2) is 36.4 Å². The number of carbonyl (C=O) groups is 1. The third-order valence-electron chi connectivity index (χ3n) is 3.00. The summed E-state index contributed by atoms with van der Waals surface area (Å²) in [7, 11) is 0. The van der Waals surface area contributed by atoms with Gasteiger partial charge in [-0.3, -0.25) is 4.79 Å². The quantitative estimate of drug-likeness (QED) is 0.814. The molecule has 1 amide bonds. The van der Waals surface area contributed by atoms with Gasteiger partial charge in [0, 0.05) is 17.9 Å². The first-order valence-electron chi connectivity index (χ1n) is 6.81. The molecule has 0 unspecified atom stereocenters. The minimum atomic E-state index is -1.66. The van der Waals surface area contributed by atoms with Crippen LogP contribution in [0.1, 0.15) is 23.7 Å². The maximum absolute atomic E-state index is 13.5. The molecule has 6 heteroatoms. The lowest BCUT2D eigenvalue weighted by molar-refractivity contribution is 0.102. The molecule has 0 heterocycles. The summed E-state index contributed by atoms with van der Waals surface area (Å²) < 4.78 is 39.5. The van der Waals surface area contributed by atoms with Crippen molar-refractivity contribution in [2.75, 3.05) is 17.2 Å². The van der Waals surface area contributed by atoms with E-state index in [1.807, 2.05) is 6.92 Å². The molecule has 0 aliphatic heterocycles. The third kappa shape index (κ3) is 3.58. The van der Waals surface area contributed by atoms with Crippen molar-refractivity contribution in [1.29, 1.82) is 0 Å². The van der Waals surface area contributed by atoms with Crippen molar-refractivity contribution < 1.29 is 18.0 Å². The first-order chi connectivity index (χ1) is 10.5. The number of amides is 1. The molecule has 2 aromatic carbocycles. The van der Waals surface area contributed by atoms with Crippen molar-refractivity contribution in [2.24, 2.45) is 0 Å². The lowest BCUT2D eigenvalue weighted by Crippen LogP contribution is -2.15. The first-order valence-corrected chi connectivity index (χ1v) is 6.81. The topological polar surface area (TPSA) is 41.1 Å². The van der Waals surface area contributed by atoms with Crippen LogP contribution in [0, 0.1) is 17.5 Å². The van der Waals surface area contributed by atoms with Crippen molar-refractivity contribution >= 4 is 17.3 Å². The molecule has 0 aromatic heterocycles. The molecule has 0 spiro atoms. The third-order valence-corrected chi connectivity index (χ3v) is 3.00. The molecular formula is C16H15F3N2O. The van der Waals surface area contributed by atoms with Gasteiger partial charge in [-0.1, -0.05) is 6.92 Å². The Hall–Kier alpha value is -2.50. The number of hydrogen-bond acceptors (Lipinski definition) is 2. The molecular weight excluding hydrogens is 293 g/mol. The molecule has 0 radical (unpaired) electrons. The molecule has 0 bridgehead atoms. The maximum Gasteiger partial charge on any atom is 0.258 e. The second-order valence-electron chi connectivity index (χ2n) is 4.68. The second-order valence-corrected chi connectivity index (χ2v) is 4.68. The zero-order valence-electron chi connectivity index (χ0n) is 11.9. The molecule has 0 atom stereocenters. The van der Waals surface area contributed by atoms with E-state index in [4.69, 9.17) is 0 Å². The zero-order valence-corrected chi connectivity index (χ0v) is 11.9. The van der Waals surface area contributed by atoms with E-state index in [0.717, 1.165) is 24.7 Å². The van der Waals surface area contributed by atoms with Crippen molar-refractivity contribution in [2.45, 2.75) is 13.3 Å². The van der Waals surface area contributed by atoms with E-state index in [0.29, 0.717) is 11.8 Å². The van der Waals surface area contributed by atoms with Gasteiger partial charge in [-0.15, -0.1) is 0 Å². The molecule has 2 aromatic rings. The average molecular weight is 308 g/mol. The van der Waals surface area contributed by atoms with Crippen LogP contribution in [-0.4, -0.2) is 12.5 Å². The molecule has 2 N–H and O–H groups in total. The van der Waals surface area contributed by atoms with Gasteiger partial charge in [0.25, 0.3) is 5.91 Å². The number of benzene rings is 2. The Labute approximate surface area is 126 Å². The summed E-state index contributed by atoms with van der Waals surface area (Å²) in [6.45, 7) is 2.86. The van der Waals surface area contributed by atoms with Crippen LogP contribution in [0.5, 0.6) is 0 Å². The summed E-state index contributed by atoms with van der Waals surface area (Å²) in [5.41, 5.74) is 0.766. The van der Waals surface area contributed by atoms with E-state index in [9.17, 15) is 18.0 Å². The summed E-state index contributed by atoms with van der Waals surface area (Å²) >= 11 is 0. The van der Waals surface area contributed by atoms with Gasteiger partial charge in [-0.2, -0.15) is 0 Å². The Morgan fingerprint density at radius 1 is 0.955 bits per heavy atom. The predicted molar refractivity (Wildman–Crippen MR) is 79.5 cm³/mol. The molecule has 22 heavy (non-hydrogen) atoms. The number of carbonyl (C=O) groups excluding carboxylic acids is 1. The highest BCUT2D eigenvalue weighted by Gasteiger charge is 2.18. The largest absolute Gasteiger partial charge is 0.385 e. The number of rotatable bonds is 5.